The predicted molar refractivity (Wildman–Crippen MR) is 72.6 cm³/mol. The first-order valence-corrected chi connectivity index (χ1v) is 5.96. The second kappa shape index (κ2) is 5.65. The van der Waals surface area contributed by atoms with Crippen LogP contribution in [0, 0.1) is 13.3 Å². The highest BCUT2D eigenvalue weighted by Gasteiger charge is 2.05. The van der Waals surface area contributed by atoms with E-state index in [1.54, 1.807) is 0 Å². The molecule has 0 aliphatic heterocycles. The number of hydrogen-bond acceptors (Lipinski definition) is 1. The van der Waals surface area contributed by atoms with Gasteiger partial charge in [-0.25, -0.2) is 0 Å². The minimum atomic E-state index is 0.0810. The van der Waals surface area contributed by atoms with Gasteiger partial charge in [-0.2, -0.15) is 0 Å². The molecule has 0 heterocycles. The van der Waals surface area contributed by atoms with E-state index in [9.17, 15) is 0 Å². The van der Waals surface area contributed by atoms with Gasteiger partial charge in [-0.1, -0.05) is 60.2 Å². The molecule has 1 heteroatoms. The van der Waals surface area contributed by atoms with Crippen LogP contribution in [0.3, 0.4) is 0 Å². The van der Waals surface area contributed by atoms with Gasteiger partial charge in [-0.15, -0.1) is 0 Å². The molecule has 0 aliphatic rings. The largest absolute Gasteiger partial charge is 0.324 e. The third-order valence-electron chi connectivity index (χ3n) is 2.91. The Labute approximate surface area is 103 Å². The lowest BCUT2D eigenvalue weighted by molar-refractivity contribution is 0.718. The average molecular weight is 224 g/mol. The van der Waals surface area contributed by atoms with Crippen LogP contribution in [0.2, 0.25) is 0 Å². The first-order valence-electron chi connectivity index (χ1n) is 5.96. The van der Waals surface area contributed by atoms with E-state index in [2.05, 4.69) is 49.7 Å². The van der Waals surface area contributed by atoms with Crippen LogP contribution in [0.5, 0.6) is 0 Å². The summed E-state index contributed by atoms with van der Waals surface area (Å²) in [5, 5.41) is 0. The molecule has 0 aliphatic carbocycles. The summed E-state index contributed by atoms with van der Waals surface area (Å²) in [6.45, 7) is 2.10. The van der Waals surface area contributed by atoms with Gasteiger partial charge in [-0.3, -0.25) is 0 Å². The fraction of sp³-hybridized carbons (Fsp3) is 0.188. The lowest BCUT2D eigenvalue weighted by Crippen LogP contribution is -2.10. The van der Waals surface area contributed by atoms with Crippen LogP contribution in [0.1, 0.15) is 29.2 Å². The highest BCUT2D eigenvalue weighted by atomic mass is 14.6. The van der Waals surface area contributed by atoms with Crippen molar-refractivity contribution < 1.29 is 0 Å². The molecule has 1 unspecified atom stereocenters. The van der Waals surface area contributed by atoms with Gasteiger partial charge in [0.1, 0.15) is 0 Å². The maximum atomic E-state index is 6.14. The van der Waals surface area contributed by atoms with E-state index in [0.29, 0.717) is 0 Å². The van der Waals surface area contributed by atoms with Crippen molar-refractivity contribution in [2.75, 3.05) is 0 Å². The Morgan fingerprint density at radius 1 is 1.00 bits per heavy atom. The van der Waals surface area contributed by atoms with Crippen LogP contribution in [0.4, 0.5) is 0 Å². The van der Waals surface area contributed by atoms with E-state index in [1.807, 2.05) is 18.2 Å². The third kappa shape index (κ3) is 3.43. The molecule has 0 fully saturated rings. The smallest absolute Gasteiger partial charge is 0.0300 e. The summed E-state index contributed by atoms with van der Waals surface area (Å²) in [5.41, 5.74) is 9.86. The van der Waals surface area contributed by atoms with E-state index in [1.165, 1.54) is 16.7 Å². The molecule has 2 N–H and O–H groups in total. The van der Waals surface area contributed by atoms with E-state index in [4.69, 9.17) is 5.73 Å². The van der Waals surface area contributed by atoms with Gasteiger partial charge in [0, 0.05) is 6.04 Å². The molecule has 0 saturated carbocycles. The monoisotopic (exact) mass is 224 g/mol. The Balaban J connectivity index is 1.92. The van der Waals surface area contributed by atoms with Gasteiger partial charge in [0.05, 0.1) is 0 Å². The summed E-state index contributed by atoms with van der Waals surface area (Å²) in [7, 11) is 0. The summed E-state index contributed by atoms with van der Waals surface area (Å²) in [6.07, 6.45) is 3.06. The van der Waals surface area contributed by atoms with Gasteiger partial charge in [0.15, 0.2) is 0 Å². The summed E-state index contributed by atoms with van der Waals surface area (Å²) in [4.78, 5) is 0. The maximum Gasteiger partial charge on any atom is 0.0300 e. The Kier molecular flexibility index (Phi) is 3.94. The van der Waals surface area contributed by atoms with Crippen molar-refractivity contribution >= 4 is 0 Å². The van der Waals surface area contributed by atoms with E-state index in [0.717, 1.165) is 6.42 Å². The first-order chi connectivity index (χ1) is 8.25. The molecule has 2 aromatic rings. The van der Waals surface area contributed by atoms with Gasteiger partial charge in [0.25, 0.3) is 0 Å². The fourth-order valence-electron chi connectivity index (χ4n) is 1.80. The summed E-state index contributed by atoms with van der Waals surface area (Å²) >= 11 is 0. The lowest BCUT2D eigenvalue weighted by Gasteiger charge is -2.11. The fourth-order valence-corrected chi connectivity index (χ4v) is 1.80. The van der Waals surface area contributed by atoms with Crippen molar-refractivity contribution in [3.8, 4) is 0 Å². The molecule has 1 atom stereocenters. The van der Waals surface area contributed by atoms with Crippen LogP contribution in [-0.2, 0) is 0 Å². The molecule has 17 heavy (non-hydrogen) atoms. The maximum absolute atomic E-state index is 6.14. The lowest BCUT2D eigenvalue weighted by atomic mass is 9.99. The van der Waals surface area contributed by atoms with Crippen molar-refractivity contribution in [1.29, 1.82) is 0 Å². The number of hydrogen-bond donors (Lipinski definition) is 1. The van der Waals surface area contributed by atoms with E-state index in [-0.39, 0.29) is 6.04 Å². The number of benzene rings is 2. The first kappa shape index (κ1) is 11.9. The zero-order valence-electron chi connectivity index (χ0n) is 10.1. The number of rotatable bonds is 4. The van der Waals surface area contributed by atoms with Crippen LogP contribution < -0.4 is 5.73 Å². The molecular weight excluding hydrogens is 206 g/mol. The van der Waals surface area contributed by atoms with Crippen LogP contribution in [0.15, 0.2) is 54.6 Å². The highest BCUT2D eigenvalue weighted by Crippen LogP contribution is 2.17. The molecule has 0 saturated heterocycles. The normalized spacial score (nSPS) is 12.4. The molecule has 0 amide bonds. The zero-order valence-corrected chi connectivity index (χ0v) is 10.1. The molecular formula is C16H18N. The van der Waals surface area contributed by atoms with Gasteiger partial charge >= 0.3 is 0 Å². The van der Waals surface area contributed by atoms with Crippen molar-refractivity contribution in [3.63, 3.8) is 0 Å². The number of nitrogens with two attached hydrogens (primary N) is 1. The van der Waals surface area contributed by atoms with Crippen LogP contribution in [0.25, 0.3) is 0 Å². The Bertz CT molecular complexity index is 445. The van der Waals surface area contributed by atoms with Crippen molar-refractivity contribution in [1.82, 2.24) is 0 Å². The minimum Gasteiger partial charge on any atom is -0.324 e. The van der Waals surface area contributed by atoms with Crippen molar-refractivity contribution in [2.45, 2.75) is 19.4 Å². The van der Waals surface area contributed by atoms with Gasteiger partial charge < -0.3 is 5.73 Å². The standard InChI is InChI=1S/C16H18N/c1-13-7-9-14(10-8-13)11-12-16(17)15-5-3-2-4-6-15/h2-11,16H,12,17H2,1H3. The topological polar surface area (TPSA) is 26.0 Å². The molecule has 2 aromatic carbocycles. The second-order valence-corrected chi connectivity index (χ2v) is 4.37. The average Bonchev–Trinajstić information content (AvgIpc) is 2.39. The molecule has 1 nitrogen and oxygen atoms in total. The zero-order chi connectivity index (χ0) is 12.1. The van der Waals surface area contributed by atoms with Gasteiger partial charge in [-0.05, 0) is 30.9 Å². The summed E-state index contributed by atoms with van der Waals surface area (Å²) < 4.78 is 0. The minimum absolute atomic E-state index is 0.0810. The Hall–Kier alpha value is -1.60. The molecule has 2 rings (SSSR count). The molecule has 87 valence electrons. The SMILES string of the molecule is Cc1ccc([CH]CC(N)c2ccccc2)cc1. The number of aryl methyl sites for hydroxylation is 1. The Morgan fingerprint density at radius 2 is 1.65 bits per heavy atom. The third-order valence-corrected chi connectivity index (χ3v) is 2.91. The van der Waals surface area contributed by atoms with Crippen LogP contribution >= 0.6 is 0 Å². The quantitative estimate of drug-likeness (QED) is 0.843. The highest BCUT2D eigenvalue weighted by molar-refractivity contribution is 5.28. The summed E-state index contributed by atoms with van der Waals surface area (Å²) in [6, 6.07) is 18.8. The van der Waals surface area contributed by atoms with E-state index < -0.39 is 0 Å². The summed E-state index contributed by atoms with van der Waals surface area (Å²) in [5.74, 6) is 0. The van der Waals surface area contributed by atoms with Crippen LogP contribution in [-0.4, -0.2) is 0 Å². The van der Waals surface area contributed by atoms with Crippen molar-refractivity contribution in [3.05, 3.63) is 77.7 Å². The molecule has 0 bridgehead atoms. The predicted octanol–water partition coefficient (Wildman–Crippen LogP) is 3.64. The molecule has 0 spiro atoms. The Morgan fingerprint density at radius 3 is 2.29 bits per heavy atom. The van der Waals surface area contributed by atoms with Crippen molar-refractivity contribution in [2.24, 2.45) is 5.73 Å². The van der Waals surface area contributed by atoms with Gasteiger partial charge in [0.2, 0.25) is 0 Å². The molecule has 1 radical (unpaired) electrons. The second-order valence-electron chi connectivity index (χ2n) is 4.37. The van der Waals surface area contributed by atoms with E-state index >= 15 is 0 Å². The molecule has 0 aromatic heterocycles.